The maximum Gasteiger partial charge on any atom is 0.0197 e. The Morgan fingerprint density at radius 1 is 1.00 bits per heavy atom. The van der Waals surface area contributed by atoms with Crippen molar-refractivity contribution in [2.24, 2.45) is 17.8 Å². The molecule has 1 saturated carbocycles. The maximum absolute atomic E-state index is 4.51. The molecule has 0 aromatic heterocycles. The zero-order chi connectivity index (χ0) is 10.7. The molecule has 2 unspecified atom stereocenters. The van der Waals surface area contributed by atoms with Gasteiger partial charge >= 0.3 is 0 Å². The standard InChI is InChI=1S/C14H24S/c1-2-11-3-5-12(6-4-11)13-7-9-14(15)10-8-13/h7,9,11-15H,2-6,8,10H2,1H3. The van der Waals surface area contributed by atoms with Crippen LogP contribution in [0.5, 0.6) is 0 Å². The van der Waals surface area contributed by atoms with E-state index in [0.29, 0.717) is 5.25 Å². The van der Waals surface area contributed by atoms with Crippen LogP contribution in [0.2, 0.25) is 0 Å². The normalized spacial score (nSPS) is 41.7. The number of allylic oxidation sites excluding steroid dienone is 1. The van der Waals surface area contributed by atoms with Gasteiger partial charge in [-0.2, -0.15) is 12.6 Å². The fraction of sp³-hybridized carbons (Fsp3) is 0.857. The van der Waals surface area contributed by atoms with Crippen molar-refractivity contribution in [3.8, 4) is 0 Å². The van der Waals surface area contributed by atoms with Crippen molar-refractivity contribution < 1.29 is 0 Å². The lowest BCUT2D eigenvalue weighted by Gasteiger charge is -2.34. The average molecular weight is 224 g/mol. The van der Waals surface area contributed by atoms with Crippen LogP contribution in [0.1, 0.15) is 51.9 Å². The second-order valence-corrected chi connectivity index (χ2v) is 6.05. The van der Waals surface area contributed by atoms with Crippen LogP contribution in [-0.2, 0) is 0 Å². The van der Waals surface area contributed by atoms with Gasteiger partial charge in [0.1, 0.15) is 0 Å². The van der Waals surface area contributed by atoms with Crippen molar-refractivity contribution in [3.05, 3.63) is 12.2 Å². The van der Waals surface area contributed by atoms with Gasteiger partial charge < -0.3 is 0 Å². The van der Waals surface area contributed by atoms with E-state index in [9.17, 15) is 0 Å². The molecule has 0 heterocycles. The van der Waals surface area contributed by atoms with Crippen molar-refractivity contribution >= 4 is 12.6 Å². The Morgan fingerprint density at radius 2 is 1.73 bits per heavy atom. The van der Waals surface area contributed by atoms with E-state index in [2.05, 4.69) is 31.7 Å². The van der Waals surface area contributed by atoms with Crippen LogP contribution in [-0.4, -0.2) is 5.25 Å². The molecule has 15 heavy (non-hydrogen) atoms. The van der Waals surface area contributed by atoms with E-state index in [4.69, 9.17) is 0 Å². The SMILES string of the molecule is CCC1CCC(C2C=CC(S)CC2)CC1. The first-order chi connectivity index (χ1) is 7.29. The second kappa shape index (κ2) is 5.43. The zero-order valence-corrected chi connectivity index (χ0v) is 10.8. The van der Waals surface area contributed by atoms with Crippen molar-refractivity contribution in [1.29, 1.82) is 0 Å². The molecule has 0 radical (unpaired) electrons. The van der Waals surface area contributed by atoms with E-state index in [-0.39, 0.29) is 0 Å². The average Bonchev–Trinajstić information content (AvgIpc) is 2.30. The van der Waals surface area contributed by atoms with Gasteiger partial charge in [0, 0.05) is 5.25 Å². The van der Waals surface area contributed by atoms with Crippen LogP contribution in [0, 0.1) is 17.8 Å². The van der Waals surface area contributed by atoms with Gasteiger partial charge in [-0.25, -0.2) is 0 Å². The van der Waals surface area contributed by atoms with E-state index in [1.54, 1.807) is 0 Å². The van der Waals surface area contributed by atoms with E-state index in [1.807, 2.05) is 0 Å². The summed E-state index contributed by atoms with van der Waals surface area (Å²) < 4.78 is 0. The fourth-order valence-corrected chi connectivity index (χ4v) is 3.49. The summed E-state index contributed by atoms with van der Waals surface area (Å²) in [5, 5.41) is 0.535. The molecule has 0 nitrogen and oxygen atoms in total. The summed E-state index contributed by atoms with van der Waals surface area (Å²) in [6.07, 6.45) is 14.8. The minimum Gasteiger partial charge on any atom is -0.172 e. The Morgan fingerprint density at radius 3 is 2.27 bits per heavy atom. The summed E-state index contributed by atoms with van der Waals surface area (Å²) in [5.41, 5.74) is 0. The molecule has 0 bridgehead atoms. The zero-order valence-electron chi connectivity index (χ0n) is 9.86. The predicted molar refractivity (Wildman–Crippen MR) is 70.4 cm³/mol. The third-order valence-electron chi connectivity index (χ3n) is 4.45. The van der Waals surface area contributed by atoms with Crippen LogP contribution in [0.3, 0.4) is 0 Å². The van der Waals surface area contributed by atoms with Crippen LogP contribution >= 0.6 is 12.6 Å². The Balaban J connectivity index is 1.83. The topological polar surface area (TPSA) is 0 Å². The summed E-state index contributed by atoms with van der Waals surface area (Å²) in [7, 11) is 0. The Labute approximate surface area is 99.9 Å². The Bertz CT molecular complexity index is 213. The van der Waals surface area contributed by atoms with Gasteiger partial charge in [0.25, 0.3) is 0 Å². The van der Waals surface area contributed by atoms with Gasteiger partial charge in [0.15, 0.2) is 0 Å². The van der Waals surface area contributed by atoms with Crippen molar-refractivity contribution in [2.45, 2.75) is 57.1 Å². The molecule has 0 aromatic carbocycles. The minimum atomic E-state index is 0.535. The van der Waals surface area contributed by atoms with Crippen molar-refractivity contribution in [3.63, 3.8) is 0 Å². The molecule has 0 aromatic rings. The minimum absolute atomic E-state index is 0.535. The quantitative estimate of drug-likeness (QED) is 0.519. The van der Waals surface area contributed by atoms with Crippen molar-refractivity contribution in [2.75, 3.05) is 0 Å². The maximum atomic E-state index is 4.51. The number of hydrogen-bond acceptors (Lipinski definition) is 1. The molecule has 2 rings (SSSR count). The predicted octanol–water partition coefficient (Wildman–Crippen LogP) is 4.47. The van der Waals surface area contributed by atoms with Gasteiger partial charge in [0.2, 0.25) is 0 Å². The van der Waals surface area contributed by atoms with Crippen LogP contribution < -0.4 is 0 Å². The first-order valence-corrected chi connectivity index (χ1v) is 7.17. The molecule has 2 aliphatic carbocycles. The highest BCUT2D eigenvalue weighted by Crippen LogP contribution is 2.38. The second-order valence-electron chi connectivity index (χ2n) is 5.38. The molecular weight excluding hydrogens is 200 g/mol. The Kier molecular flexibility index (Phi) is 4.19. The molecule has 0 saturated heterocycles. The number of hydrogen-bond donors (Lipinski definition) is 1. The first-order valence-electron chi connectivity index (χ1n) is 6.66. The molecule has 1 heteroatoms. The van der Waals surface area contributed by atoms with E-state index >= 15 is 0 Å². The lowest BCUT2D eigenvalue weighted by atomic mass is 9.72. The van der Waals surface area contributed by atoms with Crippen LogP contribution in [0.15, 0.2) is 12.2 Å². The molecule has 2 aliphatic rings. The summed E-state index contributed by atoms with van der Waals surface area (Å²) in [6, 6.07) is 0. The van der Waals surface area contributed by atoms with E-state index in [0.717, 1.165) is 17.8 Å². The first kappa shape index (κ1) is 11.6. The molecule has 0 spiro atoms. The van der Waals surface area contributed by atoms with Gasteiger partial charge in [0.05, 0.1) is 0 Å². The molecule has 0 aliphatic heterocycles. The van der Waals surface area contributed by atoms with Crippen molar-refractivity contribution in [1.82, 2.24) is 0 Å². The highest BCUT2D eigenvalue weighted by atomic mass is 32.1. The third kappa shape index (κ3) is 3.03. The van der Waals surface area contributed by atoms with Gasteiger partial charge in [-0.3, -0.25) is 0 Å². The lowest BCUT2D eigenvalue weighted by Crippen LogP contribution is -2.23. The molecule has 1 fully saturated rings. The molecule has 0 N–H and O–H groups in total. The number of rotatable bonds is 2. The van der Waals surface area contributed by atoms with Gasteiger partial charge in [-0.05, 0) is 43.4 Å². The monoisotopic (exact) mass is 224 g/mol. The highest BCUT2D eigenvalue weighted by Gasteiger charge is 2.26. The van der Waals surface area contributed by atoms with E-state index in [1.165, 1.54) is 44.9 Å². The third-order valence-corrected chi connectivity index (χ3v) is 4.88. The summed E-state index contributed by atoms with van der Waals surface area (Å²) in [4.78, 5) is 0. The summed E-state index contributed by atoms with van der Waals surface area (Å²) >= 11 is 4.51. The number of thiol groups is 1. The van der Waals surface area contributed by atoms with Gasteiger partial charge in [-0.1, -0.05) is 38.3 Å². The van der Waals surface area contributed by atoms with E-state index < -0.39 is 0 Å². The molecule has 2 atom stereocenters. The smallest absolute Gasteiger partial charge is 0.0197 e. The summed E-state index contributed by atoms with van der Waals surface area (Å²) in [6.45, 7) is 2.34. The largest absolute Gasteiger partial charge is 0.172 e. The molecular formula is C14H24S. The fourth-order valence-electron chi connectivity index (χ4n) is 3.24. The summed E-state index contributed by atoms with van der Waals surface area (Å²) in [5.74, 6) is 2.91. The molecule has 0 amide bonds. The Hall–Kier alpha value is 0.0900. The lowest BCUT2D eigenvalue weighted by molar-refractivity contribution is 0.215. The van der Waals surface area contributed by atoms with Crippen LogP contribution in [0.4, 0.5) is 0 Å². The van der Waals surface area contributed by atoms with Crippen LogP contribution in [0.25, 0.3) is 0 Å². The molecule has 86 valence electrons. The highest BCUT2D eigenvalue weighted by molar-refractivity contribution is 7.81. The van der Waals surface area contributed by atoms with Gasteiger partial charge in [-0.15, -0.1) is 0 Å².